The van der Waals surface area contributed by atoms with E-state index in [1.54, 1.807) is 20.8 Å². The highest BCUT2D eigenvalue weighted by molar-refractivity contribution is 8.14. The number of hydrogen-bond donors (Lipinski definition) is 1. The Balaban J connectivity index is 3.22. The summed E-state index contributed by atoms with van der Waals surface area (Å²) in [6, 6.07) is 8.45. The van der Waals surface area contributed by atoms with Gasteiger partial charge in [-0.25, -0.2) is 4.79 Å². The van der Waals surface area contributed by atoms with Crippen LogP contribution in [0.4, 0.5) is 4.79 Å². The first-order valence-corrected chi connectivity index (χ1v) is 12.3. The summed E-state index contributed by atoms with van der Waals surface area (Å²) in [4.78, 5) is 25.6. The highest BCUT2D eigenvalue weighted by Crippen LogP contribution is 2.30. The Bertz CT molecular complexity index is 810. The SMILES string of the molecule is CC(C)(C)OC(=O)N[C@@H](COS(C)(=O)=O)[C@@H](Cc1ccccc1)C(=O)SC(C)(C)C. The van der Waals surface area contributed by atoms with Crippen molar-refractivity contribution in [3.63, 3.8) is 0 Å². The van der Waals surface area contributed by atoms with Crippen molar-refractivity contribution in [3.8, 4) is 0 Å². The van der Waals surface area contributed by atoms with Crippen LogP contribution in [0.25, 0.3) is 0 Å². The average Bonchev–Trinajstić information content (AvgIpc) is 2.53. The van der Waals surface area contributed by atoms with Crippen LogP contribution in [-0.4, -0.2) is 48.9 Å². The van der Waals surface area contributed by atoms with Crippen LogP contribution in [-0.2, 0) is 30.3 Å². The molecule has 0 radical (unpaired) electrons. The number of alkyl carbamates (subject to hydrolysis) is 1. The van der Waals surface area contributed by atoms with Gasteiger partial charge in [-0.05, 0) is 32.8 Å². The molecule has 0 aliphatic heterocycles. The summed E-state index contributed by atoms with van der Waals surface area (Å²) in [5.41, 5.74) is 0.145. The zero-order valence-corrected chi connectivity index (χ0v) is 20.4. The van der Waals surface area contributed by atoms with E-state index < -0.39 is 33.8 Å². The molecule has 0 aliphatic rings. The molecule has 0 spiro atoms. The summed E-state index contributed by atoms with van der Waals surface area (Å²) in [6.07, 6.45) is 0.502. The number of nitrogens with one attached hydrogen (secondary N) is 1. The van der Waals surface area contributed by atoms with Crippen LogP contribution in [0.3, 0.4) is 0 Å². The third-order valence-corrected chi connectivity index (χ3v) is 5.34. The first kappa shape index (κ1) is 26.5. The monoisotopic (exact) mass is 459 g/mol. The Morgan fingerprint density at radius 1 is 1.07 bits per heavy atom. The lowest BCUT2D eigenvalue weighted by atomic mass is 9.93. The van der Waals surface area contributed by atoms with Gasteiger partial charge in [0.05, 0.1) is 24.8 Å². The van der Waals surface area contributed by atoms with Crippen LogP contribution >= 0.6 is 11.8 Å². The fourth-order valence-electron chi connectivity index (χ4n) is 2.55. The first-order chi connectivity index (χ1) is 13.6. The molecule has 0 aliphatic carbocycles. The molecule has 0 unspecified atom stereocenters. The quantitative estimate of drug-likeness (QED) is 0.591. The smallest absolute Gasteiger partial charge is 0.407 e. The number of benzene rings is 1. The number of thioether (sulfide) groups is 1. The average molecular weight is 460 g/mol. The third-order valence-electron chi connectivity index (χ3n) is 3.66. The molecule has 0 heterocycles. The van der Waals surface area contributed by atoms with E-state index in [1.165, 1.54) is 0 Å². The predicted octanol–water partition coefficient (Wildman–Crippen LogP) is 3.77. The molecule has 1 amide bonds. The molecule has 30 heavy (non-hydrogen) atoms. The van der Waals surface area contributed by atoms with Gasteiger partial charge in [0.15, 0.2) is 5.12 Å². The number of ether oxygens (including phenoxy) is 1. The predicted molar refractivity (Wildman–Crippen MR) is 120 cm³/mol. The van der Waals surface area contributed by atoms with Crippen LogP contribution in [0.5, 0.6) is 0 Å². The van der Waals surface area contributed by atoms with Crippen LogP contribution < -0.4 is 5.32 Å². The second kappa shape index (κ2) is 10.6. The molecule has 0 bridgehead atoms. The van der Waals surface area contributed by atoms with Gasteiger partial charge >= 0.3 is 6.09 Å². The normalized spacial score (nSPS) is 14.6. The van der Waals surface area contributed by atoms with Crippen molar-refractivity contribution >= 4 is 33.1 Å². The van der Waals surface area contributed by atoms with E-state index in [1.807, 2.05) is 51.1 Å². The van der Waals surface area contributed by atoms with Gasteiger partial charge in [0, 0.05) is 4.75 Å². The topological polar surface area (TPSA) is 98.8 Å². The molecule has 0 saturated carbocycles. The molecule has 0 aromatic heterocycles. The third kappa shape index (κ3) is 11.6. The number of amides is 1. The molecule has 1 aromatic rings. The Kier molecular flexibility index (Phi) is 9.38. The van der Waals surface area contributed by atoms with E-state index in [0.29, 0.717) is 6.42 Å². The summed E-state index contributed by atoms with van der Waals surface area (Å²) >= 11 is 1.15. The van der Waals surface area contributed by atoms with Crippen LogP contribution in [0.2, 0.25) is 0 Å². The van der Waals surface area contributed by atoms with Crippen LogP contribution in [0.1, 0.15) is 47.1 Å². The van der Waals surface area contributed by atoms with E-state index in [0.717, 1.165) is 23.6 Å². The van der Waals surface area contributed by atoms with Crippen molar-refractivity contribution in [3.05, 3.63) is 35.9 Å². The highest BCUT2D eigenvalue weighted by Gasteiger charge is 2.34. The Morgan fingerprint density at radius 2 is 1.63 bits per heavy atom. The maximum absolute atomic E-state index is 13.2. The van der Waals surface area contributed by atoms with Crippen molar-refractivity contribution in [1.82, 2.24) is 5.32 Å². The van der Waals surface area contributed by atoms with E-state index in [-0.39, 0.29) is 16.5 Å². The molecule has 170 valence electrons. The maximum atomic E-state index is 13.2. The van der Waals surface area contributed by atoms with Gasteiger partial charge in [0.25, 0.3) is 10.1 Å². The lowest BCUT2D eigenvalue weighted by Gasteiger charge is -2.30. The summed E-state index contributed by atoms with van der Waals surface area (Å²) < 4.78 is 33.1. The first-order valence-electron chi connectivity index (χ1n) is 9.66. The number of carbonyl (C=O) groups is 2. The molecule has 2 atom stereocenters. The van der Waals surface area contributed by atoms with Gasteiger partial charge < -0.3 is 10.1 Å². The molecule has 9 heteroatoms. The van der Waals surface area contributed by atoms with Gasteiger partial charge in [-0.1, -0.05) is 62.9 Å². The van der Waals surface area contributed by atoms with Gasteiger partial charge in [0.2, 0.25) is 0 Å². The van der Waals surface area contributed by atoms with Crippen molar-refractivity contribution in [2.75, 3.05) is 12.9 Å². The lowest BCUT2D eigenvalue weighted by molar-refractivity contribution is -0.115. The lowest BCUT2D eigenvalue weighted by Crippen LogP contribution is -2.48. The second-order valence-electron chi connectivity index (χ2n) is 9.07. The van der Waals surface area contributed by atoms with Crippen molar-refractivity contribution < 1.29 is 26.9 Å². The molecule has 1 aromatic carbocycles. The Hall–Kier alpha value is -1.58. The standard InChI is InChI=1S/C21H33NO6S2/c1-20(2,3)28-19(24)22-17(14-27-30(7,25)26)16(18(23)29-21(4,5)6)13-15-11-9-8-10-12-15/h8-12,16-17H,13-14H2,1-7H3,(H,22,24)/t16-,17+/m1/s1. The molecular formula is C21H33NO6S2. The highest BCUT2D eigenvalue weighted by atomic mass is 32.2. The van der Waals surface area contributed by atoms with Crippen LogP contribution in [0, 0.1) is 5.92 Å². The van der Waals surface area contributed by atoms with Gasteiger partial charge in [0.1, 0.15) is 5.60 Å². The molecular weight excluding hydrogens is 426 g/mol. The van der Waals surface area contributed by atoms with Crippen molar-refractivity contribution in [1.29, 1.82) is 0 Å². The van der Waals surface area contributed by atoms with Crippen molar-refractivity contribution in [2.45, 2.75) is 64.4 Å². The number of hydrogen-bond acceptors (Lipinski definition) is 7. The second-order valence-corrected chi connectivity index (χ2v) is 12.5. The zero-order chi connectivity index (χ0) is 23.2. The summed E-state index contributed by atoms with van der Waals surface area (Å²) in [6.45, 7) is 10.5. The number of rotatable bonds is 8. The van der Waals surface area contributed by atoms with Gasteiger partial charge in [-0.3, -0.25) is 8.98 Å². The van der Waals surface area contributed by atoms with Gasteiger partial charge in [-0.2, -0.15) is 8.42 Å². The molecule has 0 fully saturated rings. The summed E-state index contributed by atoms with van der Waals surface area (Å²) in [5.74, 6) is -0.717. The Morgan fingerprint density at radius 3 is 2.10 bits per heavy atom. The van der Waals surface area contributed by atoms with Gasteiger partial charge in [-0.15, -0.1) is 0 Å². The summed E-state index contributed by atoms with van der Waals surface area (Å²) in [7, 11) is -3.77. The van der Waals surface area contributed by atoms with E-state index >= 15 is 0 Å². The molecule has 0 saturated heterocycles. The van der Waals surface area contributed by atoms with Crippen LogP contribution in [0.15, 0.2) is 30.3 Å². The largest absolute Gasteiger partial charge is 0.444 e. The minimum absolute atomic E-state index is 0.162. The van der Waals surface area contributed by atoms with E-state index in [2.05, 4.69) is 5.32 Å². The fraction of sp³-hybridized carbons (Fsp3) is 0.619. The van der Waals surface area contributed by atoms with E-state index in [4.69, 9.17) is 8.92 Å². The van der Waals surface area contributed by atoms with E-state index in [9.17, 15) is 18.0 Å². The molecule has 1 N–H and O–H groups in total. The number of carbonyl (C=O) groups excluding carboxylic acids is 2. The fourth-order valence-corrected chi connectivity index (χ4v) is 3.95. The minimum atomic E-state index is -3.77. The summed E-state index contributed by atoms with van der Waals surface area (Å²) in [5, 5.41) is 2.49. The maximum Gasteiger partial charge on any atom is 0.407 e. The molecule has 7 nitrogen and oxygen atoms in total. The molecule has 1 rings (SSSR count). The zero-order valence-electron chi connectivity index (χ0n) is 18.7. The van der Waals surface area contributed by atoms with Crippen molar-refractivity contribution in [2.24, 2.45) is 5.92 Å². The Labute approximate surface area is 184 Å². The minimum Gasteiger partial charge on any atom is -0.444 e.